The Morgan fingerprint density at radius 1 is 1.11 bits per heavy atom. The second-order valence-corrected chi connectivity index (χ2v) is 6.41. The van der Waals surface area contributed by atoms with Crippen LogP contribution in [0, 0.1) is 0 Å². The van der Waals surface area contributed by atoms with Crippen molar-refractivity contribution in [1.29, 1.82) is 0 Å². The highest BCUT2D eigenvalue weighted by atomic mass is 35.5. The number of benzene rings is 2. The second kappa shape index (κ2) is 6.74. The monoisotopic (exact) mass is 379 g/mol. The first-order chi connectivity index (χ1) is 13.1. The van der Waals surface area contributed by atoms with E-state index in [4.69, 9.17) is 11.6 Å². The molecule has 4 aromatic rings. The van der Waals surface area contributed by atoms with Gasteiger partial charge in [0.25, 0.3) is 5.56 Å². The predicted octanol–water partition coefficient (Wildman–Crippen LogP) is 3.59. The number of carboxylic acids is 1. The van der Waals surface area contributed by atoms with E-state index in [-0.39, 0.29) is 28.1 Å². The quantitative estimate of drug-likeness (QED) is 0.588. The number of carbonyl (C=O) groups is 1. The zero-order valence-corrected chi connectivity index (χ0v) is 14.8. The number of halogens is 1. The van der Waals surface area contributed by atoms with Gasteiger partial charge in [0.1, 0.15) is 0 Å². The molecular formula is C20H14ClN3O3. The number of hydrogen-bond donors (Lipinski definition) is 1. The molecule has 0 amide bonds. The van der Waals surface area contributed by atoms with Crippen molar-refractivity contribution in [2.45, 2.75) is 6.54 Å². The third-order valence-electron chi connectivity index (χ3n) is 4.38. The third kappa shape index (κ3) is 2.90. The maximum Gasteiger partial charge on any atom is 0.338 e. The van der Waals surface area contributed by atoms with Crippen molar-refractivity contribution in [2.24, 2.45) is 0 Å². The molecule has 0 bridgehead atoms. The predicted molar refractivity (Wildman–Crippen MR) is 103 cm³/mol. The van der Waals surface area contributed by atoms with Gasteiger partial charge in [0.2, 0.25) is 0 Å². The highest BCUT2D eigenvalue weighted by molar-refractivity contribution is 6.35. The fourth-order valence-corrected chi connectivity index (χ4v) is 3.50. The molecule has 2 heterocycles. The molecule has 0 aliphatic carbocycles. The Kier molecular flexibility index (Phi) is 4.25. The zero-order valence-electron chi connectivity index (χ0n) is 14.0. The van der Waals surface area contributed by atoms with Gasteiger partial charge in [0.05, 0.1) is 34.5 Å². The van der Waals surface area contributed by atoms with Crippen LogP contribution in [-0.4, -0.2) is 25.2 Å². The average Bonchev–Trinajstić information content (AvgIpc) is 3.15. The molecule has 0 saturated heterocycles. The number of carboxylic acid groups (broad SMARTS) is 1. The molecular weight excluding hydrogens is 366 g/mol. The summed E-state index contributed by atoms with van der Waals surface area (Å²) in [5.41, 5.74) is 0.611. The number of pyridine rings is 1. The van der Waals surface area contributed by atoms with E-state index in [2.05, 4.69) is 4.98 Å². The second-order valence-electron chi connectivity index (χ2n) is 6.00. The van der Waals surface area contributed by atoms with Crippen LogP contribution < -0.4 is 5.56 Å². The van der Waals surface area contributed by atoms with Crippen LogP contribution in [0.25, 0.3) is 16.5 Å². The van der Waals surface area contributed by atoms with Gasteiger partial charge in [-0.25, -0.2) is 9.78 Å². The van der Waals surface area contributed by atoms with E-state index in [0.717, 1.165) is 0 Å². The minimum absolute atomic E-state index is 0.0460. The molecule has 134 valence electrons. The molecule has 2 aromatic carbocycles. The van der Waals surface area contributed by atoms with Gasteiger partial charge in [-0.05, 0) is 18.2 Å². The molecule has 7 heteroatoms. The number of fused-ring (bicyclic) bond motifs is 1. The summed E-state index contributed by atoms with van der Waals surface area (Å²) in [5, 5.41) is 10.7. The molecule has 0 fully saturated rings. The van der Waals surface area contributed by atoms with Crippen molar-refractivity contribution in [3.63, 3.8) is 0 Å². The lowest BCUT2D eigenvalue weighted by Gasteiger charge is -2.19. The molecule has 1 N–H and O–H groups in total. The molecule has 0 saturated carbocycles. The van der Waals surface area contributed by atoms with Crippen LogP contribution in [0.2, 0.25) is 5.02 Å². The first-order valence-corrected chi connectivity index (χ1v) is 8.56. The number of aromatic nitrogens is 3. The molecule has 0 aliphatic heterocycles. The van der Waals surface area contributed by atoms with E-state index in [1.165, 1.54) is 4.57 Å². The Labute approximate surface area is 158 Å². The van der Waals surface area contributed by atoms with Gasteiger partial charge < -0.3 is 9.67 Å². The summed E-state index contributed by atoms with van der Waals surface area (Å²) in [4.78, 5) is 29.5. The van der Waals surface area contributed by atoms with Crippen molar-refractivity contribution in [3.05, 3.63) is 93.9 Å². The number of imidazole rings is 1. The summed E-state index contributed by atoms with van der Waals surface area (Å²) in [6.07, 6.45) is 4.89. The standard InChI is InChI=1S/C20H14ClN3O3/c21-15-8-4-7-14-17(15)19(25)24(13-5-2-1-3-6-13)16(18(14)20(26)27)11-23-10-9-22-12-23/h1-10,12H,11H2,(H,26,27). The number of hydrogen-bond acceptors (Lipinski definition) is 3. The van der Waals surface area contributed by atoms with Gasteiger partial charge in [-0.1, -0.05) is 41.9 Å². The Bertz CT molecular complexity index is 1200. The molecule has 0 radical (unpaired) electrons. The van der Waals surface area contributed by atoms with Gasteiger partial charge in [0, 0.05) is 23.5 Å². The highest BCUT2D eigenvalue weighted by Gasteiger charge is 2.23. The molecule has 0 aliphatic rings. The van der Waals surface area contributed by atoms with Crippen LogP contribution in [0.15, 0.2) is 72.0 Å². The molecule has 0 spiro atoms. The number of para-hydroxylation sites is 1. The smallest absolute Gasteiger partial charge is 0.338 e. The summed E-state index contributed by atoms with van der Waals surface area (Å²) in [6.45, 7) is 0.175. The van der Waals surface area contributed by atoms with Gasteiger partial charge >= 0.3 is 5.97 Å². The van der Waals surface area contributed by atoms with E-state index >= 15 is 0 Å². The Balaban J connectivity index is 2.18. The Morgan fingerprint density at radius 2 is 1.89 bits per heavy atom. The SMILES string of the molecule is O=C(O)c1c(Cn2ccnc2)n(-c2ccccc2)c(=O)c2c(Cl)cccc12. The lowest BCUT2D eigenvalue weighted by molar-refractivity contribution is 0.0697. The lowest BCUT2D eigenvalue weighted by Crippen LogP contribution is -2.27. The van der Waals surface area contributed by atoms with E-state index in [9.17, 15) is 14.7 Å². The zero-order chi connectivity index (χ0) is 19.0. The highest BCUT2D eigenvalue weighted by Crippen LogP contribution is 2.27. The minimum atomic E-state index is -1.12. The fourth-order valence-electron chi connectivity index (χ4n) is 3.24. The van der Waals surface area contributed by atoms with Crippen molar-refractivity contribution >= 4 is 28.3 Å². The minimum Gasteiger partial charge on any atom is -0.478 e. The van der Waals surface area contributed by atoms with Crippen LogP contribution in [0.5, 0.6) is 0 Å². The van der Waals surface area contributed by atoms with E-state index < -0.39 is 5.97 Å². The Morgan fingerprint density at radius 3 is 2.56 bits per heavy atom. The summed E-state index contributed by atoms with van der Waals surface area (Å²) in [5.74, 6) is -1.12. The summed E-state index contributed by atoms with van der Waals surface area (Å²) >= 11 is 6.27. The largest absolute Gasteiger partial charge is 0.478 e. The molecule has 0 unspecified atom stereocenters. The van der Waals surface area contributed by atoms with Gasteiger partial charge in [-0.2, -0.15) is 0 Å². The molecule has 6 nitrogen and oxygen atoms in total. The van der Waals surface area contributed by atoms with Crippen LogP contribution in [0.3, 0.4) is 0 Å². The molecule has 2 aromatic heterocycles. The van der Waals surface area contributed by atoms with Crippen molar-refractivity contribution < 1.29 is 9.90 Å². The summed E-state index contributed by atoms with van der Waals surface area (Å²) in [6, 6.07) is 13.8. The van der Waals surface area contributed by atoms with Crippen LogP contribution in [0.4, 0.5) is 0 Å². The third-order valence-corrected chi connectivity index (χ3v) is 4.69. The maximum atomic E-state index is 13.3. The summed E-state index contributed by atoms with van der Waals surface area (Å²) < 4.78 is 3.13. The van der Waals surface area contributed by atoms with Crippen LogP contribution in [-0.2, 0) is 6.54 Å². The number of rotatable bonds is 4. The topological polar surface area (TPSA) is 77.1 Å². The Hall–Kier alpha value is -3.38. The normalized spacial score (nSPS) is 11.0. The number of aromatic carboxylic acids is 1. The number of nitrogens with zero attached hydrogens (tertiary/aromatic N) is 3. The van der Waals surface area contributed by atoms with E-state index in [0.29, 0.717) is 16.8 Å². The molecule has 4 rings (SSSR count). The van der Waals surface area contributed by atoms with Crippen molar-refractivity contribution in [1.82, 2.24) is 14.1 Å². The van der Waals surface area contributed by atoms with Gasteiger partial charge in [-0.15, -0.1) is 0 Å². The molecule has 27 heavy (non-hydrogen) atoms. The maximum absolute atomic E-state index is 13.3. The average molecular weight is 380 g/mol. The van der Waals surface area contributed by atoms with Crippen LogP contribution >= 0.6 is 11.6 Å². The van der Waals surface area contributed by atoms with E-state index in [1.807, 2.05) is 6.07 Å². The van der Waals surface area contributed by atoms with Gasteiger partial charge in [-0.3, -0.25) is 9.36 Å². The van der Waals surface area contributed by atoms with Crippen molar-refractivity contribution in [2.75, 3.05) is 0 Å². The lowest BCUT2D eigenvalue weighted by atomic mass is 10.0. The van der Waals surface area contributed by atoms with Gasteiger partial charge in [0.15, 0.2) is 0 Å². The van der Waals surface area contributed by atoms with Crippen LogP contribution in [0.1, 0.15) is 16.1 Å². The first-order valence-electron chi connectivity index (χ1n) is 8.18. The van der Waals surface area contributed by atoms with Crippen molar-refractivity contribution in [3.8, 4) is 5.69 Å². The molecule has 0 atom stereocenters. The first kappa shape index (κ1) is 17.1. The van der Waals surface area contributed by atoms with E-state index in [1.54, 1.807) is 65.8 Å². The fraction of sp³-hybridized carbons (Fsp3) is 0.0500. The summed E-state index contributed by atoms with van der Waals surface area (Å²) in [7, 11) is 0.